The third-order valence-electron chi connectivity index (χ3n) is 2.45. The Morgan fingerprint density at radius 3 is 2.36 bits per heavy atom. The van der Waals surface area contributed by atoms with Crippen molar-refractivity contribution in [3.05, 3.63) is 0 Å². The van der Waals surface area contributed by atoms with Gasteiger partial charge in [-0.25, -0.2) is 0 Å². The smallest absolute Gasteiger partial charge is 0.225 e. The van der Waals surface area contributed by atoms with Crippen LogP contribution in [-0.2, 0) is 9.63 Å². The summed E-state index contributed by atoms with van der Waals surface area (Å²) in [6.45, 7) is 1.42. The molecule has 14 heavy (non-hydrogen) atoms. The molecule has 0 atom stereocenters. The molecule has 0 aromatic heterocycles. The third-order valence-corrected chi connectivity index (χ3v) is 2.45. The second kappa shape index (κ2) is 7.76. The number of carbonyl (C=O) groups excluding carboxylic acids is 1. The summed E-state index contributed by atoms with van der Waals surface area (Å²) in [7, 11) is 0. The molecule has 1 heterocycles. The normalized spacial score (nSPS) is 22.1. The van der Waals surface area contributed by atoms with Crippen LogP contribution < -0.4 is 5.59 Å². The summed E-state index contributed by atoms with van der Waals surface area (Å²) in [5.74, 6) is 0. The Balaban J connectivity index is 2.20. The predicted octanol–water partition coefficient (Wildman–Crippen LogP) is 1.63. The molecule has 82 valence electrons. The molecule has 1 rings (SSSR count). The van der Waals surface area contributed by atoms with Crippen LogP contribution in [0.25, 0.3) is 0 Å². The SMILES string of the molecule is O=CN1CCCCCCCCCON1. The molecule has 1 aliphatic rings. The van der Waals surface area contributed by atoms with Crippen LogP contribution in [0.4, 0.5) is 0 Å². The lowest BCUT2D eigenvalue weighted by atomic mass is 10.1. The van der Waals surface area contributed by atoms with Crippen LogP contribution in [0.1, 0.15) is 44.9 Å². The second-order valence-corrected chi connectivity index (χ2v) is 3.71. The van der Waals surface area contributed by atoms with E-state index in [0.717, 1.165) is 25.8 Å². The Kier molecular flexibility index (Phi) is 6.36. The van der Waals surface area contributed by atoms with Crippen LogP contribution >= 0.6 is 0 Å². The summed E-state index contributed by atoms with van der Waals surface area (Å²) >= 11 is 0. The van der Waals surface area contributed by atoms with Gasteiger partial charge >= 0.3 is 0 Å². The maximum Gasteiger partial charge on any atom is 0.225 e. The maximum absolute atomic E-state index is 10.6. The van der Waals surface area contributed by atoms with Crippen LogP contribution in [-0.4, -0.2) is 24.6 Å². The first kappa shape index (κ1) is 11.5. The van der Waals surface area contributed by atoms with Crippen molar-refractivity contribution in [3.8, 4) is 0 Å². The molecule has 0 aromatic carbocycles. The summed E-state index contributed by atoms with van der Waals surface area (Å²) in [4.78, 5) is 15.7. The average molecular weight is 200 g/mol. The Labute approximate surface area is 85.5 Å². The topological polar surface area (TPSA) is 41.6 Å². The summed E-state index contributed by atoms with van der Waals surface area (Å²) in [5.41, 5.74) is 2.65. The number of rotatable bonds is 1. The number of amides is 1. The van der Waals surface area contributed by atoms with Crippen LogP contribution in [0.5, 0.6) is 0 Å². The molecular formula is C10H20N2O2. The predicted molar refractivity (Wildman–Crippen MR) is 54.2 cm³/mol. The minimum atomic E-state index is 0.685. The molecule has 1 N–H and O–H groups in total. The molecule has 1 fully saturated rings. The van der Waals surface area contributed by atoms with E-state index in [0.29, 0.717) is 6.61 Å². The average Bonchev–Trinajstić information content (AvgIpc) is 2.19. The molecular weight excluding hydrogens is 180 g/mol. The zero-order chi connectivity index (χ0) is 10.1. The third kappa shape index (κ3) is 5.19. The van der Waals surface area contributed by atoms with Crippen molar-refractivity contribution >= 4 is 6.41 Å². The monoisotopic (exact) mass is 200 g/mol. The number of hydrogen-bond donors (Lipinski definition) is 1. The summed E-state index contributed by atoms with van der Waals surface area (Å²) < 4.78 is 0. The summed E-state index contributed by atoms with van der Waals surface area (Å²) in [6, 6.07) is 0. The van der Waals surface area contributed by atoms with Crippen molar-refractivity contribution in [2.24, 2.45) is 0 Å². The van der Waals surface area contributed by atoms with Crippen molar-refractivity contribution in [1.82, 2.24) is 10.6 Å². The van der Waals surface area contributed by atoms with Crippen LogP contribution in [0, 0.1) is 0 Å². The first-order valence-electron chi connectivity index (χ1n) is 5.53. The van der Waals surface area contributed by atoms with E-state index in [1.54, 1.807) is 0 Å². The highest BCUT2D eigenvalue weighted by molar-refractivity contribution is 5.45. The molecule has 0 radical (unpaired) electrons. The van der Waals surface area contributed by atoms with Crippen LogP contribution in [0.2, 0.25) is 0 Å². The standard InChI is InChI=1S/C10H20N2O2/c13-10-12-8-6-4-2-1-3-5-7-9-14-11-12/h10-11H,1-9H2. The van der Waals surface area contributed by atoms with Gasteiger partial charge in [-0.05, 0) is 12.8 Å². The Hall–Kier alpha value is -0.610. The molecule has 0 aromatic rings. The molecule has 1 saturated heterocycles. The van der Waals surface area contributed by atoms with E-state index in [1.165, 1.54) is 37.1 Å². The molecule has 4 nitrogen and oxygen atoms in total. The lowest BCUT2D eigenvalue weighted by molar-refractivity contribution is -0.139. The molecule has 0 unspecified atom stereocenters. The Morgan fingerprint density at radius 2 is 1.64 bits per heavy atom. The van der Waals surface area contributed by atoms with E-state index in [2.05, 4.69) is 5.59 Å². The van der Waals surface area contributed by atoms with Gasteiger partial charge in [0.1, 0.15) is 0 Å². The Morgan fingerprint density at radius 1 is 1.00 bits per heavy atom. The van der Waals surface area contributed by atoms with Gasteiger partial charge in [-0.2, -0.15) is 0 Å². The van der Waals surface area contributed by atoms with Gasteiger partial charge in [-0.3, -0.25) is 14.6 Å². The van der Waals surface area contributed by atoms with Crippen molar-refractivity contribution in [2.75, 3.05) is 13.2 Å². The van der Waals surface area contributed by atoms with Gasteiger partial charge in [-0.1, -0.05) is 32.1 Å². The maximum atomic E-state index is 10.6. The lowest BCUT2D eigenvalue weighted by Gasteiger charge is -2.18. The van der Waals surface area contributed by atoms with E-state index in [9.17, 15) is 4.79 Å². The first-order valence-corrected chi connectivity index (χ1v) is 5.53. The molecule has 0 spiro atoms. The summed E-state index contributed by atoms with van der Waals surface area (Å²) in [6.07, 6.45) is 9.23. The number of nitrogens with zero attached hydrogens (tertiary/aromatic N) is 1. The minimum Gasteiger partial charge on any atom is -0.282 e. The largest absolute Gasteiger partial charge is 0.282 e. The minimum absolute atomic E-state index is 0.685. The van der Waals surface area contributed by atoms with E-state index >= 15 is 0 Å². The molecule has 1 amide bonds. The van der Waals surface area contributed by atoms with Gasteiger partial charge in [0.25, 0.3) is 0 Å². The number of hydrogen-bond acceptors (Lipinski definition) is 3. The fraction of sp³-hybridized carbons (Fsp3) is 0.900. The molecule has 0 aliphatic carbocycles. The lowest BCUT2D eigenvalue weighted by Crippen LogP contribution is -2.37. The van der Waals surface area contributed by atoms with Crippen molar-refractivity contribution < 1.29 is 9.63 Å². The quantitative estimate of drug-likeness (QED) is 0.654. The van der Waals surface area contributed by atoms with Gasteiger partial charge in [-0.15, -0.1) is 5.59 Å². The number of hydrazine groups is 1. The first-order chi connectivity index (χ1) is 6.93. The highest BCUT2D eigenvalue weighted by atomic mass is 16.7. The molecule has 1 aliphatic heterocycles. The zero-order valence-corrected chi connectivity index (χ0v) is 8.71. The molecule has 0 bridgehead atoms. The Bertz CT molecular complexity index is 141. The molecule has 0 saturated carbocycles. The van der Waals surface area contributed by atoms with Gasteiger partial charge in [0.05, 0.1) is 6.61 Å². The van der Waals surface area contributed by atoms with Gasteiger partial charge < -0.3 is 0 Å². The number of carbonyl (C=O) groups is 1. The van der Waals surface area contributed by atoms with Gasteiger partial charge in [0, 0.05) is 6.54 Å². The van der Waals surface area contributed by atoms with Gasteiger partial charge in [0.15, 0.2) is 0 Å². The van der Waals surface area contributed by atoms with E-state index in [-0.39, 0.29) is 0 Å². The highest BCUT2D eigenvalue weighted by Gasteiger charge is 2.02. The summed E-state index contributed by atoms with van der Waals surface area (Å²) in [5, 5.41) is 1.47. The van der Waals surface area contributed by atoms with E-state index in [1.807, 2.05) is 0 Å². The van der Waals surface area contributed by atoms with Crippen LogP contribution in [0.15, 0.2) is 0 Å². The van der Waals surface area contributed by atoms with E-state index < -0.39 is 0 Å². The second-order valence-electron chi connectivity index (χ2n) is 3.71. The van der Waals surface area contributed by atoms with Crippen molar-refractivity contribution in [1.29, 1.82) is 0 Å². The van der Waals surface area contributed by atoms with Gasteiger partial charge in [0.2, 0.25) is 6.41 Å². The van der Waals surface area contributed by atoms with Crippen LogP contribution in [0.3, 0.4) is 0 Å². The van der Waals surface area contributed by atoms with Crippen molar-refractivity contribution in [2.45, 2.75) is 44.9 Å². The highest BCUT2D eigenvalue weighted by Crippen LogP contribution is 2.08. The van der Waals surface area contributed by atoms with Crippen molar-refractivity contribution in [3.63, 3.8) is 0 Å². The fourth-order valence-electron chi connectivity index (χ4n) is 1.59. The fourth-order valence-corrected chi connectivity index (χ4v) is 1.59. The number of nitrogens with one attached hydrogen (secondary N) is 1. The van der Waals surface area contributed by atoms with E-state index in [4.69, 9.17) is 4.84 Å². The zero-order valence-electron chi connectivity index (χ0n) is 8.71. The molecule has 4 heteroatoms.